The van der Waals surface area contributed by atoms with Gasteiger partial charge in [0.2, 0.25) is 5.91 Å². The fourth-order valence-corrected chi connectivity index (χ4v) is 4.03. The van der Waals surface area contributed by atoms with Crippen molar-refractivity contribution in [2.75, 3.05) is 0 Å². The van der Waals surface area contributed by atoms with Crippen LogP contribution in [-0.4, -0.2) is 45.5 Å². The molecule has 1 aromatic rings. The molecular weight excluding hydrogens is 330 g/mol. The number of aliphatic carboxylic acids is 1. The van der Waals surface area contributed by atoms with Gasteiger partial charge in [-0.2, -0.15) is 0 Å². The second kappa shape index (κ2) is 7.33. The minimum Gasteiger partial charge on any atom is -0.480 e. The van der Waals surface area contributed by atoms with Gasteiger partial charge in [0, 0.05) is 4.75 Å². The molecule has 8 heteroatoms. The van der Waals surface area contributed by atoms with Gasteiger partial charge in [0.05, 0.1) is 5.37 Å². The molecule has 0 unspecified atom stereocenters. The summed E-state index contributed by atoms with van der Waals surface area (Å²) in [6, 6.07) is 6.23. The molecule has 0 radical (unpaired) electrons. The van der Waals surface area contributed by atoms with Gasteiger partial charge < -0.3 is 21.0 Å². The third kappa shape index (κ3) is 3.95. The second-order valence-electron chi connectivity index (χ2n) is 6.14. The van der Waals surface area contributed by atoms with Crippen LogP contribution in [0, 0.1) is 0 Å². The largest absolute Gasteiger partial charge is 0.480 e. The van der Waals surface area contributed by atoms with Gasteiger partial charge in [-0.15, -0.1) is 11.8 Å². The Kier molecular flexibility index (Phi) is 5.63. The van der Waals surface area contributed by atoms with E-state index in [0.717, 1.165) is 0 Å². The molecule has 1 saturated heterocycles. The van der Waals surface area contributed by atoms with Gasteiger partial charge in [-0.25, -0.2) is 0 Å². The molecule has 4 atom stereocenters. The van der Waals surface area contributed by atoms with E-state index >= 15 is 0 Å². The lowest BCUT2D eigenvalue weighted by Gasteiger charge is -2.22. The Hall–Kier alpha value is -1.90. The van der Waals surface area contributed by atoms with E-state index in [1.807, 2.05) is 6.07 Å². The van der Waals surface area contributed by atoms with Crippen molar-refractivity contribution in [1.82, 2.24) is 10.6 Å². The summed E-state index contributed by atoms with van der Waals surface area (Å²) in [5.41, 5.74) is 6.55. The maximum atomic E-state index is 12.3. The molecule has 130 valence electrons. The summed E-state index contributed by atoms with van der Waals surface area (Å²) < 4.78 is -0.607. The summed E-state index contributed by atoms with van der Waals surface area (Å²) in [6.45, 7) is 3.56. The zero-order valence-corrected chi connectivity index (χ0v) is 14.2. The lowest BCUT2D eigenvalue weighted by Crippen LogP contribution is -2.52. The SMILES string of the molecule is CC1(C)S[C@@H]([C@@H](C=O)NC(=O)[C@H](N)c2ccccc2)N[C@H]1C(=O)O. The van der Waals surface area contributed by atoms with Gasteiger partial charge in [0.15, 0.2) is 0 Å². The van der Waals surface area contributed by atoms with Crippen LogP contribution >= 0.6 is 11.8 Å². The quantitative estimate of drug-likeness (QED) is 0.543. The van der Waals surface area contributed by atoms with Crippen LogP contribution in [0.3, 0.4) is 0 Å². The maximum Gasteiger partial charge on any atom is 0.322 e. The van der Waals surface area contributed by atoms with E-state index in [-0.39, 0.29) is 0 Å². The number of carboxylic acids is 1. The summed E-state index contributed by atoms with van der Waals surface area (Å²) in [4.78, 5) is 35.0. The number of carbonyl (C=O) groups excluding carboxylic acids is 2. The molecule has 2 rings (SSSR count). The highest BCUT2D eigenvalue weighted by atomic mass is 32.2. The first kappa shape index (κ1) is 18.4. The third-order valence-corrected chi connectivity index (χ3v) is 5.45. The van der Waals surface area contributed by atoms with Crippen molar-refractivity contribution in [2.24, 2.45) is 5.73 Å². The molecule has 0 aromatic heterocycles. The monoisotopic (exact) mass is 351 g/mol. The average Bonchev–Trinajstić information content (AvgIpc) is 2.88. The Morgan fingerprint density at radius 2 is 2.00 bits per heavy atom. The summed E-state index contributed by atoms with van der Waals surface area (Å²) in [5, 5.41) is 14.2. The van der Waals surface area contributed by atoms with Crippen LogP contribution in [0.1, 0.15) is 25.5 Å². The van der Waals surface area contributed by atoms with Gasteiger partial charge in [-0.05, 0) is 19.4 Å². The van der Waals surface area contributed by atoms with E-state index in [4.69, 9.17) is 5.73 Å². The Balaban J connectivity index is 2.06. The molecule has 0 spiro atoms. The fourth-order valence-electron chi connectivity index (χ4n) is 2.59. The minimum absolute atomic E-state index is 0.489. The molecule has 7 nitrogen and oxygen atoms in total. The predicted octanol–water partition coefficient (Wildman–Crippen LogP) is 0.264. The van der Waals surface area contributed by atoms with E-state index in [1.165, 1.54) is 11.8 Å². The second-order valence-corrected chi connectivity index (χ2v) is 7.93. The molecule has 0 aliphatic carbocycles. The molecule has 0 saturated carbocycles. The molecular formula is C16H21N3O4S. The number of thioether (sulfide) groups is 1. The number of nitrogens with one attached hydrogen (secondary N) is 2. The van der Waals surface area contributed by atoms with Gasteiger partial charge in [-0.1, -0.05) is 30.3 Å². The van der Waals surface area contributed by atoms with Gasteiger partial charge in [0.25, 0.3) is 0 Å². The smallest absolute Gasteiger partial charge is 0.322 e. The summed E-state index contributed by atoms with van der Waals surface area (Å²) in [5.74, 6) is -1.48. The van der Waals surface area contributed by atoms with Crippen molar-refractivity contribution in [3.63, 3.8) is 0 Å². The first-order valence-electron chi connectivity index (χ1n) is 7.49. The van der Waals surface area contributed by atoms with Gasteiger partial charge >= 0.3 is 5.97 Å². The molecule has 5 N–H and O–H groups in total. The van der Waals surface area contributed by atoms with Crippen LogP contribution in [0.15, 0.2) is 30.3 Å². The third-order valence-electron chi connectivity index (χ3n) is 3.93. The van der Waals surface area contributed by atoms with E-state index in [2.05, 4.69) is 10.6 Å². The van der Waals surface area contributed by atoms with Crippen LogP contribution in [0.25, 0.3) is 0 Å². The number of aldehydes is 1. The summed E-state index contributed by atoms with van der Waals surface area (Å²) in [6.07, 6.45) is 0.598. The summed E-state index contributed by atoms with van der Waals surface area (Å²) in [7, 11) is 0. The maximum absolute atomic E-state index is 12.3. The van der Waals surface area contributed by atoms with Crippen LogP contribution in [0.4, 0.5) is 0 Å². The van der Waals surface area contributed by atoms with E-state index < -0.39 is 40.1 Å². The average molecular weight is 351 g/mol. The van der Waals surface area contributed by atoms with Crippen molar-refractivity contribution in [1.29, 1.82) is 0 Å². The highest BCUT2D eigenvalue weighted by molar-refractivity contribution is 8.01. The number of nitrogens with two attached hydrogens (primary N) is 1. The molecule has 1 heterocycles. The standard InChI is InChI=1S/C16H21N3O4S/c1-16(2)12(15(22)23)19-14(24-16)10(8-20)18-13(21)11(17)9-6-4-3-5-7-9/h3-8,10-12,14,19H,17H2,1-2H3,(H,18,21)(H,22,23)/t10-,11-,12+,14+/m1/s1. The topological polar surface area (TPSA) is 122 Å². The molecule has 0 bridgehead atoms. The Morgan fingerprint density at radius 3 is 2.50 bits per heavy atom. The Morgan fingerprint density at radius 1 is 1.38 bits per heavy atom. The molecule has 1 amide bonds. The lowest BCUT2D eigenvalue weighted by molar-refractivity contribution is -0.140. The number of carboxylic acid groups (broad SMARTS) is 1. The predicted molar refractivity (Wildman–Crippen MR) is 91.4 cm³/mol. The van der Waals surface area contributed by atoms with E-state index in [1.54, 1.807) is 38.1 Å². The van der Waals surface area contributed by atoms with Crippen LogP contribution < -0.4 is 16.4 Å². The zero-order chi connectivity index (χ0) is 17.9. The number of benzene rings is 1. The van der Waals surface area contributed by atoms with Crippen molar-refractivity contribution < 1.29 is 19.5 Å². The first-order chi connectivity index (χ1) is 11.3. The Labute approximate surface area is 144 Å². The minimum atomic E-state index is -0.994. The van der Waals surface area contributed by atoms with Crippen LogP contribution in [0.2, 0.25) is 0 Å². The number of carbonyl (C=O) groups is 3. The van der Waals surface area contributed by atoms with Crippen LogP contribution in [0.5, 0.6) is 0 Å². The normalized spacial score (nSPS) is 24.8. The van der Waals surface area contributed by atoms with Crippen molar-refractivity contribution in [3.05, 3.63) is 35.9 Å². The first-order valence-corrected chi connectivity index (χ1v) is 8.37. The van der Waals surface area contributed by atoms with Crippen molar-refractivity contribution >= 4 is 29.9 Å². The zero-order valence-electron chi connectivity index (χ0n) is 13.4. The highest BCUT2D eigenvalue weighted by Crippen LogP contribution is 2.38. The lowest BCUT2D eigenvalue weighted by atomic mass is 10.0. The van der Waals surface area contributed by atoms with E-state index in [0.29, 0.717) is 11.8 Å². The molecule has 1 aliphatic heterocycles. The van der Waals surface area contributed by atoms with E-state index in [9.17, 15) is 19.5 Å². The molecule has 1 fully saturated rings. The van der Waals surface area contributed by atoms with Crippen molar-refractivity contribution in [3.8, 4) is 0 Å². The number of hydrogen-bond donors (Lipinski definition) is 4. The molecule has 24 heavy (non-hydrogen) atoms. The number of amides is 1. The van der Waals surface area contributed by atoms with Gasteiger partial charge in [-0.3, -0.25) is 14.9 Å². The summed E-state index contributed by atoms with van der Waals surface area (Å²) >= 11 is 1.31. The fraction of sp³-hybridized carbons (Fsp3) is 0.438. The van der Waals surface area contributed by atoms with Crippen LogP contribution in [-0.2, 0) is 14.4 Å². The molecule has 1 aliphatic rings. The van der Waals surface area contributed by atoms with Crippen molar-refractivity contribution in [2.45, 2.75) is 42.1 Å². The Bertz CT molecular complexity index is 623. The van der Waals surface area contributed by atoms with Gasteiger partial charge in [0.1, 0.15) is 24.4 Å². The number of hydrogen-bond acceptors (Lipinski definition) is 6. The number of rotatable bonds is 6. The highest BCUT2D eigenvalue weighted by Gasteiger charge is 2.47. The molecule has 1 aromatic carbocycles.